The van der Waals surface area contributed by atoms with Crippen LogP contribution in [0.25, 0.3) is 0 Å². The average molecular weight is 278 g/mol. The van der Waals surface area contributed by atoms with Gasteiger partial charge in [0.05, 0.1) is 20.2 Å². The number of carbonyl (C=O) groups excluding carboxylic acids is 1. The summed E-state index contributed by atoms with van der Waals surface area (Å²) < 4.78 is 29.2. The number of likely N-dealkylation sites (tertiary alicyclic amines) is 1. The normalized spacial score (nSPS) is 24.7. The van der Waals surface area contributed by atoms with Gasteiger partial charge in [-0.05, 0) is 18.8 Å². The van der Waals surface area contributed by atoms with Crippen molar-refractivity contribution < 1.29 is 18.3 Å². The summed E-state index contributed by atoms with van der Waals surface area (Å²) in [5.41, 5.74) is 0. The standard InChI is InChI=1S/C13H24F2N2O2/c1-3-4-10-5-11(16-6-12(14)15)8-17(7-10)9-13(18)19-2/h10-12,16H,3-9H2,1-2H3. The van der Waals surface area contributed by atoms with Crippen LogP contribution in [0.4, 0.5) is 8.78 Å². The number of halogens is 2. The van der Waals surface area contributed by atoms with E-state index in [-0.39, 0.29) is 25.1 Å². The first-order valence-corrected chi connectivity index (χ1v) is 6.85. The molecule has 0 spiro atoms. The van der Waals surface area contributed by atoms with Gasteiger partial charge in [0, 0.05) is 19.1 Å². The van der Waals surface area contributed by atoms with Crippen LogP contribution in [0.2, 0.25) is 0 Å². The quantitative estimate of drug-likeness (QED) is 0.717. The van der Waals surface area contributed by atoms with Crippen LogP contribution >= 0.6 is 0 Å². The Morgan fingerprint density at radius 3 is 2.79 bits per heavy atom. The van der Waals surface area contributed by atoms with Crippen LogP contribution < -0.4 is 5.32 Å². The van der Waals surface area contributed by atoms with Crippen LogP contribution in [-0.4, -0.2) is 56.6 Å². The average Bonchev–Trinajstić information content (AvgIpc) is 2.36. The molecule has 1 aliphatic heterocycles. The first-order chi connectivity index (χ1) is 9.05. The third-order valence-corrected chi connectivity index (χ3v) is 3.45. The van der Waals surface area contributed by atoms with Gasteiger partial charge in [0.2, 0.25) is 0 Å². The van der Waals surface area contributed by atoms with Gasteiger partial charge in [-0.3, -0.25) is 9.69 Å². The van der Waals surface area contributed by atoms with Crippen LogP contribution in [0.15, 0.2) is 0 Å². The molecule has 0 radical (unpaired) electrons. The van der Waals surface area contributed by atoms with Crippen LogP contribution in [-0.2, 0) is 9.53 Å². The maximum atomic E-state index is 12.2. The number of hydrogen-bond acceptors (Lipinski definition) is 4. The summed E-state index contributed by atoms with van der Waals surface area (Å²) in [6.45, 7) is 3.54. The second kappa shape index (κ2) is 8.43. The Hall–Kier alpha value is -0.750. The molecule has 0 amide bonds. The lowest BCUT2D eigenvalue weighted by Gasteiger charge is -2.37. The van der Waals surface area contributed by atoms with Crippen molar-refractivity contribution in [1.29, 1.82) is 0 Å². The highest BCUT2D eigenvalue weighted by Crippen LogP contribution is 2.21. The van der Waals surface area contributed by atoms with E-state index in [0.717, 1.165) is 25.8 Å². The topological polar surface area (TPSA) is 41.6 Å². The van der Waals surface area contributed by atoms with Gasteiger partial charge in [0.1, 0.15) is 0 Å². The number of ether oxygens (including phenoxy) is 1. The second-order valence-electron chi connectivity index (χ2n) is 5.16. The molecule has 1 saturated heterocycles. The van der Waals surface area contributed by atoms with E-state index in [1.165, 1.54) is 7.11 Å². The first-order valence-electron chi connectivity index (χ1n) is 6.85. The number of alkyl halides is 2. The van der Waals surface area contributed by atoms with Crippen molar-refractivity contribution in [1.82, 2.24) is 10.2 Å². The lowest BCUT2D eigenvalue weighted by molar-refractivity contribution is -0.142. The van der Waals surface area contributed by atoms with Crippen molar-refractivity contribution >= 4 is 5.97 Å². The third-order valence-electron chi connectivity index (χ3n) is 3.45. The highest BCUT2D eigenvalue weighted by atomic mass is 19.3. The highest BCUT2D eigenvalue weighted by Gasteiger charge is 2.28. The van der Waals surface area contributed by atoms with Crippen molar-refractivity contribution in [3.05, 3.63) is 0 Å². The van der Waals surface area contributed by atoms with E-state index in [9.17, 15) is 13.6 Å². The van der Waals surface area contributed by atoms with Gasteiger partial charge in [0.25, 0.3) is 6.43 Å². The number of piperidine rings is 1. The van der Waals surface area contributed by atoms with Crippen molar-refractivity contribution in [3.63, 3.8) is 0 Å². The van der Waals surface area contributed by atoms with Gasteiger partial charge in [-0.1, -0.05) is 13.3 Å². The summed E-state index contributed by atoms with van der Waals surface area (Å²) in [5, 5.41) is 2.89. The predicted octanol–water partition coefficient (Wildman–Crippen LogP) is 1.50. The van der Waals surface area contributed by atoms with Crippen LogP contribution in [0.1, 0.15) is 26.2 Å². The molecule has 0 aromatic rings. The van der Waals surface area contributed by atoms with Crippen LogP contribution in [0.5, 0.6) is 0 Å². The Kier molecular flexibility index (Phi) is 7.23. The molecular formula is C13H24F2N2O2. The van der Waals surface area contributed by atoms with Gasteiger partial charge in [-0.2, -0.15) is 0 Å². The first kappa shape index (κ1) is 16.3. The number of esters is 1. The van der Waals surface area contributed by atoms with E-state index in [1.54, 1.807) is 0 Å². The fourth-order valence-corrected chi connectivity index (χ4v) is 2.70. The molecule has 1 aliphatic rings. The Labute approximate surface area is 113 Å². The molecule has 2 atom stereocenters. The number of nitrogens with zero attached hydrogens (tertiary/aromatic N) is 1. The molecule has 1 rings (SSSR count). The minimum absolute atomic E-state index is 0.0314. The molecule has 0 aliphatic carbocycles. The summed E-state index contributed by atoms with van der Waals surface area (Å²) in [4.78, 5) is 13.3. The molecule has 2 unspecified atom stereocenters. The Morgan fingerprint density at radius 1 is 1.47 bits per heavy atom. The van der Waals surface area contributed by atoms with Crippen LogP contribution in [0.3, 0.4) is 0 Å². The minimum atomic E-state index is -2.33. The zero-order valence-electron chi connectivity index (χ0n) is 11.7. The molecule has 112 valence electrons. The zero-order chi connectivity index (χ0) is 14.3. The smallest absolute Gasteiger partial charge is 0.319 e. The molecule has 0 aromatic heterocycles. The fraction of sp³-hybridized carbons (Fsp3) is 0.923. The second-order valence-corrected chi connectivity index (χ2v) is 5.16. The van der Waals surface area contributed by atoms with Crippen molar-refractivity contribution in [3.8, 4) is 0 Å². The van der Waals surface area contributed by atoms with E-state index in [1.807, 2.05) is 4.90 Å². The number of methoxy groups -OCH3 is 1. The fourth-order valence-electron chi connectivity index (χ4n) is 2.70. The molecule has 1 N–H and O–H groups in total. The molecule has 1 fully saturated rings. The SMILES string of the molecule is CCCC1CC(NCC(F)F)CN(CC(=O)OC)C1. The van der Waals surface area contributed by atoms with Crippen molar-refractivity contribution in [2.24, 2.45) is 5.92 Å². The molecule has 0 aromatic carbocycles. The molecule has 19 heavy (non-hydrogen) atoms. The molecule has 0 saturated carbocycles. The Morgan fingerprint density at radius 2 is 2.21 bits per heavy atom. The van der Waals surface area contributed by atoms with E-state index < -0.39 is 6.43 Å². The molecular weight excluding hydrogens is 254 g/mol. The number of nitrogens with one attached hydrogen (secondary N) is 1. The molecule has 4 nitrogen and oxygen atoms in total. The zero-order valence-corrected chi connectivity index (χ0v) is 11.7. The largest absolute Gasteiger partial charge is 0.468 e. The number of rotatable bonds is 7. The minimum Gasteiger partial charge on any atom is -0.468 e. The number of hydrogen-bond donors (Lipinski definition) is 1. The summed E-state index contributed by atoms with van der Waals surface area (Å²) in [6.07, 6.45) is 0.696. The van der Waals surface area contributed by atoms with E-state index in [2.05, 4.69) is 17.0 Å². The van der Waals surface area contributed by atoms with Crippen molar-refractivity contribution in [2.75, 3.05) is 33.3 Å². The van der Waals surface area contributed by atoms with Gasteiger partial charge < -0.3 is 10.1 Å². The van der Waals surface area contributed by atoms with Gasteiger partial charge >= 0.3 is 5.97 Å². The Bertz CT molecular complexity index is 277. The lowest BCUT2D eigenvalue weighted by atomic mass is 9.90. The predicted molar refractivity (Wildman–Crippen MR) is 69.3 cm³/mol. The van der Waals surface area contributed by atoms with E-state index >= 15 is 0 Å². The van der Waals surface area contributed by atoms with Gasteiger partial charge in [0.15, 0.2) is 0 Å². The lowest BCUT2D eigenvalue weighted by Crippen LogP contribution is -2.51. The monoisotopic (exact) mass is 278 g/mol. The molecule has 1 heterocycles. The third kappa shape index (κ3) is 6.29. The number of carbonyl (C=O) groups is 1. The molecule has 6 heteroatoms. The highest BCUT2D eigenvalue weighted by molar-refractivity contribution is 5.71. The molecule has 0 bridgehead atoms. The van der Waals surface area contributed by atoms with Crippen molar-refractivity contribution in [2.45, 2.75) is 38.7 Å². The van der Waals surface area contributed by atoms with Gasteiger partial charge in [-0.15, -0.1) is 0 Å². The maximum Gasteiger partial charge on any atom is 0.319 e. The Balaban J connectivity index is 2.49. The summed E-state index contributed by atoms with van der Waals surface area (Å²) in [7, 11) is 1.36. The summed E-state index contributed by atoms with van der Waals surface area (Å²) in [6, 6.07) is 0.0314. The summed E-state index contributed by atoms with van der Waals surface area (Å²) >= 11 is 0. The van der Waals surface area contributed by atoms with E-state index in [4.69, 9.17) is 0 Å². The van der Waals surface area contributed by atoms with Crippen LogP contribution in [0, 0.1) is 5.92 Å². The van der Waals surface area contributed by atoms with E-state index in [0.29, 0.717) is 12.5 Å². The maximum absolute atomic E-state index is 12.2. The van der Waals surface area contributed by atoms with Gasteiger partial charge in [-0.25, -0.2) is 8.78 Å². The summed E-state index contributed by atoms with van der Waals surface area (Å²) in [5.74, 6) is 0.184.